The number of hydrogen-bond donors (Lipinski definition) is 0. The van der Waals surface area contributed by atoms with Crippen molar-refractivity contribution < 1.29 is 14.0 Å². The van der Waals surface area contributed by atoms with Gasteiger partial charge in [0.15, 0.2) is 11.0 Å². The summed E-state index contributed by atoms with van der Waals surface area (Å²) in [7, 11) is 1.78. The molecular weight excluding hydrogens is 319 g/mol. The van der Waals surface area contributed by atoms with Gasteiger partial charge in [-0.1, -0.05) is 11.8 Å². The van der Waals surface area contributed by atoms with Crippen LogP contribution in [0.2, 0.25) is 0 Å². The first kappa shape index (κ1) is 15.7. The van der Waals surface area contributed by atoms with Crippen LogP contribution >= 0.6 is 11.8 Å². The van der Waals surface area contributed by atoms with E-state index in [0.29, 0.717) is 23.9 Å². The Morgan fingerprint density at radius 1 is 1.30 bits per heavy atom. The molecule has 0 bridgehead atoms. The van der Waals surface area contributed by atoms with Crippen LogP contribution in [0.4, 0.5) is 4.39 Å². The molecule has 0 N–H and O–H groups in total. The molecule has 8 heteroatoms. The second-order valence-electron chi connectivity index (χ2n) is 5.20. The zero-order valence-corrected chi connectivity index (χ0v) is 13.3. The van der Waals surface area contributed by atoms with E-state index in [-0.39, 0.29) is 23.4 Å². The van der Waals surface area contributed by atoms with Crippen LogP contribution in [0.15, 0.2) is 29.4 Å². The summed E-state index contributed by atoms with van der Waals surface area (Å²) in [6.45, 7) is 0.498. The molecule has 0 atom stereocenters. The molecule has 0 aliphatic carbocycles. The van der Waals surface area contributed by atoms with Crippen LogP contribution in [-0.4, -0.2) is 43.8 Å². The van der Waals surface area contributed by atoms with Crippen LogP contribution in [0, 0.1) is 5.82 Å². The maximum atomic E-state index is 13.0. The first-order chi connectivity index (χ1) is 11.1. The molecule has 1 aliphatic heterocycles. The zero-order valence-electron chi connectivity index (χ0n) is 12.5. The Labute approximate surface area is 136 Å². The van der Waals surface area contributed by atoms with Crippen molar-refractivity contribution in [1.82, 2.24) is 19.7 Å². The third-order valence-corrected chi connectivity index (χ3v) is 4.64. The van der Waals surface area contributed by atoms with Gasteiger partial charge < -0.3 is 4.57 Å². The SMILES string of the molecule is Cn1c(SCC(=O)N2CCCC2=O)nnc1-c1ccc(F)cc1. The van der Waals surface area contributed by atoms with E-state index in [0.717, 1.165) is 12.0 Å². The molecule has 120 valence electrons. The fourth-order valence-corrected chi connectivity index (χ4v) is 3.19. The molecule has 0 spiro atoms. The molecule has 1 saturated heterocycles. The molecule has 3 rings (SSSR count). The highest BCUT2D eigenvalue weighted by atomic mass is 32.2. The monoisotopic (exact) mass is 334 g/mol. The van der Waals surface area contributed by atoms with Crippen molar-refractivity contribution in [3.05, 3.63) is 30.1 Å². The summed E-state index contributed by atoms with van der Waals surface area (Å²) in [5.41, 5.74) is 0.745. The van der Waals surface area contributed by atoms with Gasteiger partial charge in [-0.3, -0.25) is 14.5 Å². The Hall–Kier alpha value is -2.22. The van der Waals surface area contributed by atoms with E-state index in [1.165, 1.54) is 28.8 Å². The van der Waals surface area contributed by atoms with E-state index in [9.17, 15) is 14.0 Å². The van der Waals surface area contributed by atoms with Gasteiger partial charge in [-0.25, -0.2) is 4.39 Å². The number of carbonyl (C=O) groups excluding carboxylic acids is 2. The van der Waals surface area contributed by atoms with Gasteiger partial charge in [0.1, 0.15) is 5.82 Å². The number of hydrogen-bond acceptors (Lipinski definition) is 5. The number of imide groups is 1. The van der Waals surface area contributed by atoms with E-state index in [1.807, 2.05) is 0 Å². The lowest BCUT2D eigenvalue weighted by molar-refractivity contribution is -0.140. The fraction of sp³-hybridized carbons (Fsp3) is 0.333. The van der Waals surface area contributed by atoms with Gasteiger partial charge in [-0.15, -0.1) is 10.2 Å². The molecule has 2 heterocycles. The van der Waals surface area contributed by atoms with Crippen LogP contribution in [-0.2, 0) is 16.6 Å². The molecule has 2 aromatic rings. The van der Waals surface area contributed by atoms with E-state index in [1.54, 1.807) is 23.7 Å². The molecular formula is C15H15FN4O2S. The van der Waals surface area contributed by atoms with E-state index in [4.69, 9.17) is 0 Å². The lowest BCUT2D eigenvalue weighted by atomic mass is 10.2. The average molecular weight is 334 g/mol. The second-order valence-corrected chi connectivity index (χ2v) is 6.15. The van der Waals surface area contributed by atoms with Gasteiger partial charge in [0, 0.05) is 25.6 Å². The summed E-state index contributed by atoms with van der Waals surface area (Å²) < 4.78 is 14.7. The van der Waals surface area contributed by atoms with Crippen molar-refractivity contribution in [3.63, 3.8) is 0 Å². The number of nitrogens with zero attached hydrogens (tertiary/aromatic N) is 4. The molecule has 1 fully saturated rings. The highest BCUT2D eigenvalue weighted by Gasteiger charge is 2.26. The number of rotatable bonds is 4. The summed E-state index contributed by atoms with van der Waals surface area (Å²) in [6, 6.07) is 5.97. The average Bonchev–Trinajstić information content (AvgIpc) is 3.12. The number of aromatic nitrogens is 3. The van der Waals surface area contributed by atoms with Crippen LogP contribution in [0.3, 0.4) is 0 Å². The number of likely N-dealkylation sites (tertiary alicyclic amines) is 1. The minimum atomic E-state index is -0.314. The molecule has 1 aromatic carbocycles. The predicted octanol–water partition coefficient (Wildman–Crippen LogP) is 1.86. The first-order valence-corrected chi connectivity index (χ1v) is 8.16. The molecule has 6 nitrogen and oxygen atoms in total. The smallest absolute Gasteiger partial charge is 0.239 e. The quantitative estimate of drug-likeness (QED) is 0.799. The largest absolute Gasteiger partial charge is 0.305 e. The highest BCUT2D eigenvalue weighted by Crippen LogP contribution is 2.23. The lowest BCUT2D eigenvalue weighted by Crippen LogP contribution is -2.33. The maximum Gasteiger partial charge on any atom is 0.239 e. The summed E-state index contributed by atoms with van der Waals surface area (Å²) >= 11 is 1.23. The lowest BCUT2D eigenvalue weighted by Gasteiger charge is -2.12. The van der Waals surface area contributed by atoms with Gasteiger partial charge in [0.05, 0.1) is 5.75 Å². The standard InChI is InChI=1S/C15H15FN4O2S/c1-19-14(10-4-6-11(16)7-5-10)17-18-15(19)23-9-13(22)20-8-2-3-12(20)21/h4-7H,2-3,8-9H2,1H3. The third-order valence-electron chi connectivity index (χ3n) is 3.64. The number of carbonyl (C=O) groups is 2. The summed E-state index contributed by atoms with van der Waals surface area (Å²) in [5.74, 6) is 0.106. The van der Waals surface area contributed by atoms with Crippen molar-refractivity contribution in [1.29, 1.82) is 0 Å². The summed E-state index contributed by atoms with van der Waals surface area (Å²) in [4.78, 5) is 24.9. The van der Waals surface area contributed by atoms with E-state index in [2.05, 4.69) is 10.2 Å². The molecule has 1 aromatic heterocycles. The number of halogens is 1. The van der Waals surface area contributed by atoms with Crippen molar-refractivity contribution in [2.45, 2.75) is 18.0 Å². The normalized spacial score (nSPS) is 14.5. The molecule has 0 unspecified atom stereocenters. The molecule has 23 heavy (non-hydrogen) atoms. The Kier molecular flexibility index (Phi) is 4.42. The number of amides is 2. The molecule has 0 saturated carbocycles. The van der Waals surface area contributed by atoms with E-state index < -0.39 is 0 Å². The third kappa shape index (κ3) is 3.26. The van der Waals surface area contributed by atoms with Gasteiger partial charge in [-0.2, -0.15) is 0 Å². The van der Waals surface area contributed by atoms with Crippen LogP contribution in [0.25, 0.3) is 11.4 Å². The first-order valence-electron chi connectivity index (χ1n) is 7.17. The van der Waals surface area contributed by atoms with Crippen molar-refractivity contribution in [2.24, 2.45) is 7.05 Å². The topological polar surface area (TPSA) is 68.1 Å². The van der Waals surface area contributed by atoms with Crippen molar-refractivity contribution >= 4 is 23.6 Å². The van der Waals surface area contributed by atoms with E-state index >= 15 is 0 Å². The van der Waals surface area contributed by atoms with Gasteiger partial charge in [0.2, 0.25) is 11.8 Å². The van der Waals surface area contributed by atoms with Crippen LogP contribution in [0.1, 0.15) is 12.8 Å². The number of benzene rings is 1. The summed E-state index contributed by atoms with van der Waals surface area (Å²) in [6.07, 6.45) is 1.17. The van der Waals surface area contributed by atoms with Crippen molar-refractivity contribution in [3.8, 4) is 11.4 Å². The van der Waals surface area contributed by atoms with Gasteiger partial charge >= 0.3 is 0 Å². The predicted molar refractivity (Wildman–Crippen MR) is 83.1 cm³/mol. The Balaban J connectivity index is 1.69. The Morgan fingerprint density at radius 3 is 2.70 bits per heavy atom. The summed E-state index contributed by atoms with van der Waals surface area (Å²) in [5, 5.41) is 8.72. The maximum absolute atomic E-state index is 13.0. The van der Waals surface area contributed by atoms with Gasteiger partial charge in [0.25, 0.3) is 0 Å². The second kappa shape index (κ2) is 6.49. The fourth-order valence-electron chi connectivity index (χ4n) is 2.41. The molecule has 0 radical (unpaired) electrons. The Bertz CT molecular complexity index is 744. The minimum absolute atomic E-state index is 0.111. The molecule has 2 amide bonds. The molecule has 1 aliphatic rings. The Morgan fingerprint density at radius 2 is 2.04 bits per heavy atom. The highest BCUT2D eigenvalue weighted by molar-refractivity contribution is 7.99. The zero-order chi connectivity index (χ0) is 16.4. The van der Waals surface area contributed by atoms with Crippen molar-refractivity contribution in [2.75, 3.05) is 12.3 Å². The minimum Gasteiger partial charge on any atom is -0.305 e. The van der Waals surface area contributed by atoms with Gasteiger partial charge in [-0.05, 0) is 30.7 Å². The van der Waals surface area contributed by atoms with Crippen LogP contribution in [0.5, 0.6) is 0 Å². The van der Waals surface area contributed by atoms with Crippen LogP contribution < -0.4 is 0 Å². The number of thioether (sulfide) groups is 1.